The Kier molecular flexibility index (Phi) is 7.16. The van der Waals surface area contributed by atoms with E-state index in [0.29, 0.717) is 22.9 Å². The first-order chi connectivity index (χ1) is 16.5. The molecule has 1 radical (unpaired) electrons. The maximum Gasteiger partial charge on any atom is 0.205 e. The monoisotopic (exact) mass is 499 g/mol. The van der Waals surface area contributed by atoms with Gasteiger partial charge in [0, 0.05) is 0 Å². The highest BCUT2D eigenvalue weighted by Gasteiger charge is 2.60. The van der Waals surface area contributed by atoms with E-state index < -0.39 is 9.04 Å². The summed E-state index contributed by atoms with van der Waals surface area (Å²) in [5, 5.41) is 0. The van der Waals surface area contributed by atoms with E-state index in [2.05, 4.69) is 53.8 Å². The van der Waals surface area contributed by atoms with Gasteiger partial charge in [-0.3, -0.25) is 0 Å². The number of ether oxygens (including phenoxy) is 1. The van der Waals surface area contributed by atoms with E-state index in [1.165, 1.54) is 63.4 Å². The van der Waals surface area contributed by atoms with Gasteiger partial charge in [-0.1, -0.05) is 34.6 Å². The number of furan rings is 1. The highest BCUT2D eigenvalue weighted by Crippen LogP contribution is 2.69. The van der Waals surface area contributed by atoms with E-state index in [1.807, 2.05) is 12.5 Å². The number of fused-ring (bicyclic) bond motifs is 5. The van der Waals surface area contributed by atoms with Crippen LogP contribution in [0.25, 0.3) is 0 Å². The van der Waals surface area contributed by atoms with E-state index in [-0.39, 0.29) is 11.5 Å². The molecule has 4 fully saturated rings. The summed E-state index contributed by atoms with van der Waals surface area (Å²) in [6.45, 7) is 17.4. The van der Waals surface area contributed by atoms with Crippen LogP contribution < -0.4 is 0 Å². The fourth-order valence-electron chi connectivity index (χ4n) is 9.36. The second-order valence-electron chi connectivity index (χ2n) is 14.5. The molecule has 0 spiro atoms. The molecule has 1 aromatic rings. The summed E-state index contributed by atoms with van der Waals surface area (Å²) in [6.07, 6.45) is 16.9. The Hall–Kier alpha value is -0.583. The molecule has 9 atom stereocenters. The Balaban J connectivity index is 1.23. The highest BCUT2D eigenvalue weighted by molar-refractivity contribution is 6.48. The van der Waals surface area contributed by atoms with Crippen molar-refractivity contribution in [1.29, 1.82) is 0 Å². The SMILES string of the molecule is C[Si](C)OC(CO[C@H]1CC[C@@]2(C)C(CC[C@H]3[C@@H]4CC[C@@H](c5ccoc5)[C@@]4(C)CC[C@@H]32)C1)C(C)(C)C. The van der Waals surface area contributed by atoms with Gasteiger partial charge in [0.05, 0.1) is 31.3 Å². The smallest absolute Gasteiger partial charge is 0.205 e. The molecule has 0 saturated heterocycles. The molecule has 5 rings (SSSR count). The quantitative estimate of drug-likeness (QED) is 0.368. The maximum absolute atomic E-state index is 6.63. The first-order valence-electron chi connectivity index (χ1n) is 14.6. The van der Waals surface area contributed by atoms with E-state index in [0.717, 1.165) is 30.3 Å². The van der Waals surface area contributed by atoms with Gasteiger partial charge in [-0.05, 0) is 128 Å². The minimum Gasteiger partial charge on any atom is -0.472 e. The van der Waals surface area contributed by atoms with Gasteiger partial charge in [0.1, 0.15) is 0 Å². The average molecular weight is 500 g/mol. The van der Waals surface area contributed by atoms with Gasteiger partial charge in [0.2, 0.25) is 9.04 Å². The molecule has 35 heavy (non-hydrogen) atoms. The van der Waals surface area contributed by atoms with E-state index in [4.69, 9.17) is 13.6 Å². The molecule has 197 valence electrons. The van der Waals surface area contributed by atoms with Gasteiger partial charge >= 0.3 is 0 Å². The van der Waals surface area contributed by atoms with Crippen LogP contribution >= 0.6 is 0 Å². The predicted molar refractivity (Wildman–Crippen MR) is 145 cm³/mol. The summed E-state index contributed by atoms with van der Waals surface area (Å²) < 4.78 is 18.5. The molecule has 0 amide bonds. The van der Waals surface area contributed by atoms with Crippen molar-refractivity contribution in [2.75, 3.05) is 6.61 Å². The third-order valence-corrected chi connectivity index (χ3v) is 12.1. The first kappa shape index (κ1) is 26.0. The van der Waals surface area contributed by atoms with Gasteiger partial charge in [-0.15, -0.1) is 0 Å². The Morgan fingerprint density at radius 1 is 1.00 bits per heavy atom. The van der Waals surface area contributed by atoms with Crippen molar-refractivity contribution in [3.05, 3.63) is 24.2 Å². The van der Waals surface area contributed by atoms with E-state index in [9.17, 15) is 0 Å². The lowest BCUT2D eigenvalue weighted by Crippen LogP contribution is -2.54. The molecular weight excluding hydrogens is 448 g/mol. The van der Waals surface area contributed by atoms with Crippen molar-refractivity contribution in [1.82, 2.24) is 0 Å². The highest BCUT2D eigenvalue weighted by atomic mass is 28.3. The number of hydrogen-bond acceptors (Lipinski definition) is 3. The molecule has 0 aliphatic heterocycles. The lowest BCUT2D eigenvalue weighted by molar-refractivity contribution is -0.138. The molecule has 0 aromatic carbocycles. The fraction of sp³-hybridized carbons (Fsp3) is 0.871. The molecule has 1 heterocycles. The van der Waals surface area contributed by atoms with Crippen LogP contribution in [0, 0.1) is 39.9 Å². The average Bonchev–Trinajstić information content (AvgIpc) is 3.42. The molecule has 4 heteroatoms. The second kappa shape index (κ2) is 9.62. The van der Waals surface area contributed by atoms with Crippen LogP contribution in [0.4, 0.5) is 0 Å². The second-order valence-corrected chi connectivity index (χ2v) is 16.6. The van der Waals surface area contributed by atoms with Crippen molar-refractivity contribution in [3.8, 4) is 0 Å². The van der Waals surface area contributed by atoms with Crippen molar-refractivity contribution in [3.63, 3.8) is 0 Å². The van der Waals surface area contributed by atoms with Crippen LogP contribution in [0.3, 0.4) is 0 Å². The lowest BCUT2D eigenvalue weighted by atomic mass is 9.44. The molecule has 0 N–H and O–H groups in total. The van der Waals surface area contributed by atoms with Crippen LogP contribution in [-0.2, 0) is 9.16 Å². The fourth-order valence-corrected chi connectivity index (χ4v) is 10.4. The van der Waals surface area contributed by atoms with Crippen molar-refractivity contribution < 1.29 is 13.6 Å². The summed E-state index contributed by atoms with van der Waals surface area (Å²) in [5.41, 5.74) is 2.58. The zero-order chi connectivity index (χ0) is 25.0. The topological polar surface area (TPSA) is 31.6 Å². The molecule has 1 aromatic heterocycles. The molecule has 2 unspecified atom stereocenters. The molecule has 4 aliphatic rings. The van der Waals surface area contributed by atoms with E-state index in [1.54, 1.807) is 0 Å². The number of rotatable bonds is 6. The summed E-state index contributed by atoms with van der Waals surface area (Å²) in [6, 6.07) is 2.24. The zero-order valence-corrected chi connectivity index (χ0v) is 24.6. The third kappa shape index (κ3) is 4.74. The van der Waals surface area contributed by atoms with Gasteiger partial charge in [0.25, 0.3) is 0 Å². The summed E-state index contributed by atoms with van der Waals surface area (Å²) in [7, 11) is -0.725. The summed E-state index contributed by atoms with van der Waals surface area (Å²) >= 11 is 0. The van der Waals surface area contributed by atoms with Crippen LogP contribution in [0.2, 0.25) is 13.1 Å². The van der Waals surface area contributed by atoms with Gasteiger partial charge in [-0.25, -0.2) is 0 Å². The summed E-state index contributed by atoms with van der Waals surface area (Å²) in [5.74, 6) is 4.28. The Labute approximate surface area is 216 Å². The molecule has 0 bridgehead atoms. The van der Waals surface area contributed by atoms with Crippen molar-refractivity contribution in [2.24, 2.45) is 39.9 Å². The standard InChI is InChI=1S/C31H51O3Si/c1-29(2,3)28(34-35(6)7)20-33-23-12-15-30(4)22(18-23)8-9-24-26-11-10-25(21-14-17-32-19-21)31(26,5)16-13-27(24)30/h14,17,19,22-28H,8-13,15-16,18,20H2,1-7H3/t22?,23-,24-,25-,26-,27-,28?,30-,31+/m0/s1. The largest absolute Gasteiger partial charge is 0.472 e. The van der Waals surface area contributed by atoms with Gasteiger partial charge in [0.15, 0.2) is 0 Å². The van der Waals surface area contributed by atoms with Crippen LogP contribution in [0.1, 0.15) is 104 Å². The molecule has 3 nitrogen and oxygen atoms in total. The minimum absolute atomic E-state index is 0.132. The normalized spacial score (nSPS) is 42.4. The first-order valence-corrected chi connectivity index (χ1v) is 17.0. The Morgan fingerprint density at radius 3 is 2.43 bits per heavy atom. The third-order valence-electron chi connectivity index (χ3n) is 11.4. The van der Waals surface area contributed by atoms with Gasteiger partial charge in [-0.2, -0.15) is 0 Å². The molecule has 4 aliphatic carbocycles. The predicted octanol–water partition coefficient (Wildman–Crippen LogP) is 8.47. The molecular formula is C31H51O3Si. The lowest BCUT2D eigenvalue weighted by Gasteiger charge is -2.61. The van der Waals surface area contributed by atoms with E-state index >= 15 is 0 Å². The Morgan fingerprint density at radius 2 is 1.74 bits per heavy atom. The van der Waals surface area contributed by atoms with Gasteiger partial charge < -0.3 is 13.6 Å². The van der Waals surface area contributed by atoms with Crippen LogP contribution in [0.5, 0.6) is 0 Å². The molecule has 4 saturated carbocycles. The van der Waals surface area contributed by atoms with Crippen LogP contribution in [0.15, 0.2) is 23.0 Å². The minimum atomic E-state index is -0.725. The van der Waals surface area contributed by atoms with Crippen LogP contribution in [-0.4, -0.2) is 27.9 Å². The number of hydrogen-bond donors (Lipinski definition) is 0. The maximum atomic E-state index is 6.63. The van der Waals surface area contributed by atoms with Crippen molar-refractivity contribution >= 4 is 9.04 Å². The van der Waals surface area contributed by atoms with Crippen molar-refractivity contribution in [2.45, 2.75) is 124 Å². The Bertz CT molecular complexity index is 844. The zero-order valence-electron chi connectivity index (χ0n) is 23.6. The summed E-state index contributed by atoms with van der Waals surface area (Å²) in [4.78, 5) is 0.